The molecule has 0 aromatic carbocycles. The zero-order valence-electron chi connectivity index (χ0n) is 14.5. The fourth-order valence-corrected chi connectivity index (χ4v) is 2.83. The molecule has 0 aliphatic carbocycles. The largest absolute Gasteiger partial charge is 0.338 e. The van der Waals surface area contributed by atoms with E-state index in [9.17, 15) is 9.59 Å². The van der Waals surface area contributed by atoms with Crippen LogP contribution in [0, 0.1) is 12.3 Å². The predicted molar refractivity (Wildman–Crippen MR) is 88.3 cm³/mol. The van der Waals surface area contributed by atoms with Gasteiger partial charge in [-0.05, 0) is 0 Å². The topological polar surface area (TPSA) is 96.1 Å². The van der Waals surface area contributed by atoms with E-state index in [0.29, 0.717) is 57.0 Å². The molecule has 0 radical (unpaired) electrons. The Hall–Kier alpha value is -2.76. The lowest BCUT2D eigenvalue weighted by molar-refractivity contribution is -0.130. The summed E-state index contributed by atoms with van der Waals surface area (Å²) in [6.07, 6.45) is 7.47. The van der Waals surface area contributed by atoms with Crippen molar-refractivity contribution in [3.8, 4) is 12.3 Å². The number of hydrogen-bond acceptors (Lipinski definition) is 6. The molecule has 1 aromatic rings. The summed E-state index contributed by atoms with van der Waals surface area (Å²) in [6, 6.07) is 0. The molecule has 1 aromatic heterocycles. The Morgan fingerprint density at radius 1 is 1.32 bits per heavy atom. The molecule has 9 heteroatoms. The van der Waals surface area contributed by atoms with Gasteiger partial charge >= 0.3 is 0 Å². The molecule has 2 aliphatic rings. The van der Waals surface area contributed by atoms with E-state index >= 15 is 0 Å². The lowest BCUT2D eigenvalue weighted by Gasteiger charge is -2.24. The average Bonchev–Trinajstić information content (AvgIpc) is 3.27. The van der Waals surface area contributed by atoms with Crippen molar-refractivity contribution >= 4 is 11.8 Å². The van der Waals surface area contributed by atoms with Gasteiger partial charge in [-0.2, -0.15) is 10.2 Å². The number of likely N-dealkylation sites (N-methyl/N-ethyl adjacent to an activating group) is 1. The molecule has 3 heterocycles. The van der Waals surface area contributed by atoms with Gasteiger partial charge in [-0.3, -0.25) is 9.59 Å². The fourth-order valence-electron chi connectivity index (χ4n) is 2.83. The van der Waals surface area contributed by atoms with Crippen LogP contribution in [0.2, 0.25) is 0 Å². The molecular weight excluding hydrogens is 322 g/mol. The summed E-state index contributed by atoms with van der Waals surface area (Å²) in [6.45, 7) is 1.55. The Labute approximate surface area is 146 Å². The standard InChI is InChI=1S/C16H21N7O2/c1-4-5-7-16(19-20-16)8-6-13(24)22(3)11-12-17-18-14-15(25)21(2)9-10-23(12)14/h1H,5-11H2,2-3H3. The van der Waals surface area contributed by atoms with Crippen LogP contribution in [0.25, 0.3) is 0 Å². The smallest absolute Gasteiger partial charge is 0.291 e. The highest BCUT2D eigenvalue weighted by atomic mass is 16.2. The summed E-state index contributed by atoms with van der Waals surface area (Å²) in [5.41, 5.74) is -0.450. The lowest BCUT2D eigenvalue weighted by Crippen LogP contribution is -2.38. The maximum atomic E-state index is 12.4. The van der Waals surface area contributed by atoms with E-state index in [2.05, 4.69) is 26.3 Å². The number of terminal acetylenes is 1. The predicted octanol–water partition coefficient (Wildman–Crippen LogP) is 0.678. The first kappa shape index (κ1) is 17.1. The van der Waals surface area contributed by atoms with E-state index < -0.39 is 5.66 Å². The molecule has 0 N–H and O–H groups in total. The zero-order chi connectivity index (χ0) is 18.0. The summed E-state index contributed by atoms with van der Waals surface area (Å²) < 4.78 is 1.78. The Bertz CT molecular complexity index is 755. The van der Waals surface area contributed by atoms with Gasteiger partial charge in [-0.25, -0.2) is 0 Å². The quantitative estimate of drug-likeness (QED) is 0.680. The molecule has 3 rings (SSSR count). The van der Waals surface area contributed by atoms with Crippen molar-refractivity contribution in [2.45, 2.75) is 44.4 Å². The van der Waals surface area contributed by atoms with Crippen molar-refractivity contribution in [2.75, 3.05) is 20.6 Å². The Morgan fingerprint density at radius 2 is 2.08 bits per heavy atom. The summed E-state index contributed by atoms with van der Waals surface area (Å²) in [4.78, 5) is 27.6. The van der Waals surface area contributed by atoms with Crippen LogP contribution in [-0.2, 0) is 17.9 Å². The fraction of sp³-hybridized carbons (Fsp3) is 0.625. The van der Waals surface area contributed by atoms with Gasteiger partial charge in [0.15, 0.2) is 11.5 Å². The highest BCUT2D eigenvalue weighted by molar-refractivity contribution is 5.91. The first-order chi connectivity index (χ1) is 12.0. The summed E-state index contributed by atoms with van der Waals surface area (Å²) in [7, 11) is 3.45. The molecule has 132 valence electrons. The third kappa shape index (κ3) is 3.52. The SMILES string of the molecule is C#CCCC1(CCC(=O)N(C)Cc2nnc3n2CCN(C)C3=O)N=N1. The summed E-state index contributed by atoms with van der Waals surface area (Å²) in [5, 5.41) is 16.1. The number of nitrogens with zero attached hydrogens (tertiary/aromatic N) is 7. The highest BCUT2D eigenvalue weighted by Gasteiger charge is 2.39. The minimum absolute atomic E-state index is 0.0195. The molecule has 0 fully saturated rings. The first-order valence-corrected chi connectivity index (χ1v) is 8.25. The maximum Gasteiger partial charge on any atom is 0.291 e. The molecule has 0 saturated heterocycles. The van der Waals surface area contributed by atoms with Gasteiger partial charge in [0.05, 0.1) is 6.54 Å². The average molecular weight is 343 g/mol. The van der Waals surface area contributed by atoms with Crippen molar-refractivity contribution in [3.63, 3.8) is 0 Å². The first-order valence-electron chi connectivity index (χ1n) is 8.25. The van der Waals surface area contributed by atoms with Gasteiger partial charge in [-0.15, -0.1) is 22.5 Å². The van der Waals surface area contributed by atoms with Crippen LogP contribution >= 0.6 is 0 Å². The van der Waals surface area contributed by atoms with E-state index in [-0.39, 0.29) is 11.8 Å². The molecule has 9 nitrogen and oxygen atoms in total. The van der Waals surface area contributed by atoms with Gasteiger partial charge in [0.1, 0.15) is 0 Å². The second-order valence-corrected chi connectivity index (χ2v) is 6.45. The van der Waals surface area contributed by atoms with Crippen LogP contribution in [0.3, 0.4) is 0 Å². The van der Waals surface area contributed by atoms with Crippen molar-refractivity contribution in [3.05, 3.63) is 11.6 Å². The summed E-state index contributed by atoms with van der Waals surface area (Å²) in [5.74, 6) is 3.36. The van der Waals surface area contributed by atoms with Crippen LogP contribution in [0.5, 0.6) is 0 Å². The molecule has 0 spiro atoms. The van der Waals surface area contributed by atoms with Crippen LogP contribution < -0.4 is 0 Å². The van der Waals surface area contributed by atoms with Crippen LogP contribution in [-0.4, -0.2) is 62.7 Å². The number of hydrogen-bond donors (Lipinski definition) is 0. The normalized spacial score (nSPS) is 17.2. The van der Waals surface area contributed by atoms with Gasteiger partial charge in [0.2, 0.25) is 11.7 Å². The minimum Gasteiger partial charge on any atom is -0.338 e. The molecule has 0 atom stereocenters. The Kier molecular flexibility index (Phi) is 4.53. The van der Waals surface area contributed by atoms with Crippen molar-refractivity contribution < 1.29 is 9.59 Å². The molecule has 2 amide bonds. The van der Waals surface area contributed by atoms with Crippen molar-refractivity contribution in [1.29, 1.82) is 0 Å². The molecule has 0 saturated carbocycles. The van der Waals surface area contributed by atoms with E-state index in [0.717, 1.165) is 0 Å². The number of carbonyl (C=O) groups is 2. The van der Waals surface area contributed by atoms with Crippen molar-refractivity contribution in [2.24, 2.45) is 10.2 Å². The molecule has 0 unspecified atom stereocenters. The van der Waals surface area contributed by atoms with Crippen LogP contribution in [0.4, 0.5) is 0 Å². The maximum absolute atomic E-state index is 12.4. The zero-order valence-corrected chi connectivity index (χ0v) is 14.5. The van der Waals surface area contributed by atoms with E-state index in [1.54, 1.807) is 28.5 Å². The highest BCUT2D eigenvalue weighted by Crippen LogP contribution is 2.37. The van der Waals surface area contributed by atoms with E-state index in [1.807, 2.05) is 0 Å². The van der Waals surface area contributed by atoms with Gasteiger partial charge in [-0.1, -0.05) is 0 Å². The molecular formula is C16H21N7O2. The van der Waals surface area contributed by atoms with Crippen LogP contribution in [0.15, 0.2) is 10.2 Å². The lowest BCUT2D eigenvalue weighted by atomic mass is 10.0. The van der Waals surface area contributed by atoms with E-state index in [1.165, 1.54) is 0 Å². The Morgan fingerprint density at radius 3 is 2.76 bits per heavy atom. The third-order valence-corrected chi connectivity index (χ3v) is 4.62. The number of aromatic nitrogens is 3. The van der Waals surface area contributed by atoms with Gasteiger partial charge in [0.25, 0.3) is 5.91 Å². The number of rotatable bonds is 7. The van der Waals surface area contributed by atoms with Crippen molar-refractivity contribution in [1.82, 2.24) is 24.6 Å². The molecule has 2 aliphatic heterocycles. The monoisotopic (exact) mass is 343 g/mol. The Balaban J connectivity index is 1.55. The minimum atomic E-state index is -0.450. The number of carbonyl (C=O) groups excluding carboxylic acids is 2. The summed E-state index contributed by atoms with van der Waals surface area (Å²) >= 11 is 0. The second-order valence-electron chi connectivity index (χ2n) is 6.45. The van der Waals surface area contributed by atoms with E-state index in [4.69, 9.17) is 6.42 Å². The van der Waals surface area contributed by atoms with Gasteiger partial charge < -0.3 is 14.4 Å². The number of amides is 2. The second kappa shape index (κ2) is 6.63. The van der Waals surface area contributed by atoms with Crippen LogP contribution in [0.1, 0.15) is 42.1 Å². The third-order valence-electron chi connectivity index (χ3n) is 4.62. The molecule has 0 bridgehead atoms. The number of fused-ring (bicyclic) bond motifs is 1. The molecule has 25 heavy (non-hydrogen) atoms. The van der Waals surface area contributed by atoms with Gasteiger partial charge in [0, 0.05) is 52.9 Å².